The van der Waals surface area contributed by atoms with E-state index in [0.29, 0.717) is 18.9 Å². The van der Waals surface area contributed by atoms with E-state index in [1.54, 1.807) is 12.2 Å². The summed E-state index contributed by atoms with van der Waals surface area (Å²) in [6.45, 7) is 10.6. The number of aliphatic hydroxyl groups is 2. The lowest BCUT2D eigenvalue weighted by atomic mass is 9.87. The zero-order valence-electron chi connectivity index (χ0n) is 16.5. The first-order valence-corrected chi connectivity index (χ1v) is 9.52. The first kappa shape index (κ1) is 22.1. The zero-order chi connectivity index (χ0) is 19.0. The molecule has 0 saturated carbocycles. The molecule has 0 aromatic rings. The SMILES string of the molecule is C/C(=C\C(=O)[C@H](C)CCC[C@]1(C)OC/C(=C/CO)CC[C@H]1O)C(C)C. The van der Waals surface area contributed by atoms with Crippen molar-refractivity contribution in [2.24, 2.45) is 11.8 Å². The summed E-state index contributed by atoms with van der Waals surface area (Å²) in [6.07, 6.45) is 6.79. The average molecular weight is 353 g/mol. The van der Waals surface area contributed by atoms with E-state index < -0.39 is 11.7 Å². The second-order valence-corrected chi connectivity index (χ2v) is 7.94. The van der Waals surface area contributed by atoms with Crippen molar-refractivity contribution in [2.75, 3.05) is 13.2 Å². The third-order valence-corrected chi connectivity index (χ3v) is 5.49. The molecule has 4 nitrogen and oxygen atoms in total. The lowest BCUT2D eigenvalue weighted by molar-refractivity contribution is -0.118. The van der Waals surface area contributed by atoms with Crippen LogP contribution in [-0.2, 0) is 9.53 Å². The van der Waals surface area contributed by atoms with Crippen LogP contribution in [0.15, 0.2) is 23.3 Å². The largest absolute Gasteiger partial charge is 0.392 e. The van der Waals surface area contributed by atoms with Crippen LogP contribution < -0.4 is 0 Å². The lowest BCUT2D eigenvalue weighted by Gasteiger charge is -2.33. The molecule has 144 valence electrons. The summed E-state index contributed by atoms with van der Waals surface area (Å²) in [7, 11) is 0. The average Bonchev–Trinajstić information content (AvgIpc) is 2.69. The number of ketones is 1. The van der Waals surface area contributed by atoms with Gasteiger partial charge in [0.25, 0.3) is 0 Å². The third-order valence-electron chi connectivity index (χ3n) is 5.49. The Labute approximate surface area is 153 Å². The highest BCUT2D eigenvalue weighted by Crippen LogP contribution is 2.31. The van der Waals surface area contributed by atoms with Crippen molar-refractivity contribution in [3.05, 3.63) is 23.3 Å². The molecule has 2 N–H and O–H groups in total. The molecule has 1 saturated heterocycles. The molecule has 0 aromatic carbocycles. The molecule has 1 rings (SSSR count). The topological polar surface area (TPSA) is 66.8 Å². The molecular weight excluding hydrogens is 316 g/mol. The van der Waals surface area contributed by atoms with E-state index in [9.17, 15) is 9.90 Å². The first-order chi connectivity index (χ1) is 11.7. The van der Waals surface area contributed by atoms with Crippen LogP contribution in [0.2, 0.25) is 0 Å². The number of rotatable bonds is 8. The van der Waals surface area contributed by atoms with Crippen LogP contribution in [-0.4, -0.2) is 40.9 Å². The molecule has 4 heteroatoms. The number of aliphatic hydroxyl groups excluding tert-OH is 2. The summed E-state index contributed by atoms with van der Waals surface area (Å²) in [5.41, 5.74) is 1.58. The van der Waals surface area contributed by atoms with E-state index in [0.717, 1.165) is 36.8 Å². The Kier molecular flexibility index (Phi) is 9.04. The van der Waals surface area contributed by atoms with Gasteiger partial charge in [0.15, 0.2) is 5.78 Å². The number of hydrogen-bond acceptors (Lipinski definition) is 4. The number of carbonyl (C=O) groups is 1. The molecule has 0 spiro atoms. The standard InChI is InChI=1S/C21H36O4/c1-15(2)17(4)13-19(23)16(3)7-6-11-21(5)20(24)9-8-18(10-12-22)14-25-21/h10,13,15-16,20,22,24H,6-9,11-12,14H2,1-5H3/b17-13+,18-10+/t16-,20-,21+/m1/s1. The normalized spacial score (nSPS) is 28.2. The van der Waals surface area contributed by atoms with E-state index in [-0.39, 0.29) is 18.3 Å². The van der Waals surface area contributed by atoms with Crippen molar-refractivity contribution >= 4 is 5.78 Å². The molecule has 3 atom stereocenters. The molecule has 1 aliphatic rings. The number of allylic oxidation sites excluding steroid dienone is 2. The second kappa shape index (κ2) is 10.2. The predicted octanol–water partition coefficient (Wildman–Crippen LogP) is 3.81. The Morgan fingerprint density at radius 1 is 1.40 bits per heavy atom. The van der Waals surface area contributed by atoms with Crippen LogP contribution in [0.25, 0.3) is 0 Å². The van der Waals surface area contributed by atoms with E-state index in [1.807, 2.05) is 20.8 Å². The van der Waals surface area contributed by atoms with Gasteiger partial charge in [0.1, 0.15) is 0 Å². The van der Waals surface area contributed by atoms with E-state index in [2.05, 4.69) is 13.8 Å². The van der Waals surface area contributed by atoms with Gasteiger partial charge in [-0.15, -0.1) is 0 Å². The van der Waals surface area contributed by atoms with Crippen molar-refractivity contribution in [3.63, 3.8) is 0 Å². The molecule has 0 aromatic heterocycles. The van der Waals surface area contributed by atoms with Crippen LogP contribution >= 0.6 is 0 Å². The van der Waals surface area contributed by atoms with E-state index >= 15 is 0 Å². The van der Waals surface area contributed by atoms with Crippen molar-refractivity contribution in [2.45, 2.75) is 78.4 Å². The molecule has 0 aliphatic carbocycles. The first-order valence-electron chi connectivity index (χ1n) is 9.52. The highest BCUT2D eigenvalue weighted by Gasteiger charge is 2.36. The van der Waals surface area contributed by atoms with Gasteiger partial charge < -0.3 is 14.9 Å². The Morgan fingerprint density at radius 3 is 2.68 bits per heavy atom. The maximum Gasteiger partial charge on any atom is 0.158 e. The minimum absolute atomic E-state index is 0.00837. The van der Waals surface area contributed by atoms with Crippen LogP contribution in [0.5, 0.6) is 0 Å². The highest BCUT2D eigenvalue weighted by molar-refractivity contribution is 5.92. The van der Waals surface area contributed by atoms with Gasteiger partial charge in [0, 0.05) is 5.92 Å². The Hall–Kier alpha value is -0.970. The molecule has 0 unspecified atom stereocenters. The van der Waals surface area contributed by atoms with Crippen molar-refractivity contribution in [1.29, 1.82) is 0 Å². The Balaban J connectivity index is 2.54. The summed E-state index contributed by atoms with van der Waals surface area (Å²) in [4.78, 5) is 12.3. The predicted molar refractivity (Wildman–Crippen MR) is 101 cm³/mol. The van der Waals surface area contributed by atoms with Gasteiger partial charge in [0.2, 0.25) is 0 Å². The molecule has 0 amide bonds. The minimum Gasteiger partial charge on any atom is -0.392 e. The molecule has 1 aliphatic heterocycles. The van der Waals surface area contributed by atoms with Crippen LogP contribution in [0.3, 0.4) is 0 Å². The van der Waals surface area contributed by atoms with Crippen molar-refractivity contribution in [3.8, 4) is 0 Å². The second-order valence-electron chi connectivity index (χ2n) is 7.94. The Morgan fingerprint density at radius 2 is 2.08 bits per heavy atom. The minimum atomic E-state index is -0.586. The van der Waals surface area contributed by atoms with Gasteiger partial charge in [-0.3, -0.25) is 4.79 Å². The van der Waals surface area contributed by atoms with E-state index in [4.69, 9.17) is 9.84 Å². The quantitative estimate of drug-likeness (QED) is 0.515. The summed E-state index contributed by atoms with van der Waals surface area (Å²) >= 11 is 0. The smallest absolute Gasteiger partial charge is 0.158 e. The van der Waals surface area contributed by atoms with Gasteiger partial charge in [-0.2, -0.15) is 0 Å². The maximum absolute atomic E-state index is 12.3. The zero-order valence-corrected chi connectivity index (χ0v) is 16.5. The van der Waals surface area contributed by atoms with Gasteiger partial charge in [-0.25, -0.2) is 0 Å². The number of ether oxygens (including phenoxy) is 1. The fourth-order valence-corrected chi connectivity index (χ4v) is 3.02. The Bertz CT molecular complexity index is 492. The van der Waals surface area contributed by atoms with Crippen molar-refractivity contribution < 1.29 is 19.7 Å². The highest BCUT2D eigenvalue weighted by atomic mass is 16.5. The van der Waals surface area contributed by atoms with Gasteiger partial charge in [0.05, 0.1) is 24.9 Å². The molecule has 0 bridgehead atoms. The van der Waals surface area contributed by atoms with Crippen molar-refractivity contribution in [1.82, 2.24) is 0 Å². The van der Waals surface area contributed by atoms with Gasteiger partial charge in [-0.05, 0) is 63.5 Å². The molecule has 1 heterocycles. The molecular formula is C21H36O4. The lowest BCUT2D eigenvalue weighted by Crippen LogP contribution is -2.41. The fraction of sp³-hybridized carbons (Fsp3) is 0.762. The van der Waals surface area contributed by atoms with Gasteiger partial charge in [-0.1, -0.05) is 32.4 Å². The summed E-state index contributed by atoms with van der Waals surface area (Å²) < 4.78 is 5.98. The molecule has 1 fully saturated rings. The van der Waals surface area contributed by atoms with E-state index in [1.165, 1.54) is 0 Å². The fourth-order valence-electron chi connectivity index (χ4n) is 3.02. The van der Waals surface area contributed by atoms with Crippen LogP contribution in [0.4, 0.5) is 0 Å². The van der Waals surface area contributed by atoms with Crippen LogP contribution in [0.1, 0.15) is 66.7 Å². The summed E-state index contributed by atoms with van der Waals surface area (Å²) in [5, 5.41) is 19.5. The summed E-state index contributed by atoms with van der Waals surface area (Å²) in [5.74, 6) is 0.572. The molecule has 0 radical (unpaired) electrons. The number of carbonyl (C=O) groups excluding carboxylic acids is 1. The third kappa shape index (κ3) is 7.04. The number of hydrogen-bond donors (Lipinski definition) is 2. The monoisotopic (exact) mass is 352 g/mol. The summed E-state index contributed by atoms with van der Waals surface area (Å²) in [6, 6.07) is 0. The maximum atomic E-state index is 12.3. The molecule has 25 heavy (non-hydrogen) atoms. The van der Waals surface area contributed by atoms with Crippen LogP contribution in [0, 0.1) is 11.8 Å². The van der Waals surface area contributed by atoms with Gasteiger partial charge >= 0.3 is 0 Å².